The van der Waals surface area contributed by atoms with Crippen LogP contribution in [0.25, 0.3) is 0 Å². The molecule has 0 unspecified atom stereocenters. The predicted octanol–water partition coefficient (Wildman–Crippen LogP) is 2.43. The number of carbonyl (C=O) groups is 1. The van der Waals surface area contributed by atoms with E-state index in [1.807, 2.05) is 6.92 Å². The van der Waals surface area contributed by atoms with Crippen LogP contribution in [0, 0.1) is 0 Å². The zero-order valence-corrected chi connectivity index (χ0v) is 13.7. The van der Waals surface area contributed by atoms with Crippen molar-refractivity contribution in [2.75, 3.05) is 25.5 Å². The molecule has 1 rings (SSSR count). The van der Waals surface area contributed by atoms with Crippen LogP contribution in [0.15, 0.2) is 10.7 Å². The standard InChI is InChI=1S/C13H21BrN4O/c1-6-18(5)11(19)8-15-10-7-9(14)16-12(17-10)13(2,3)4/h7H,6,8H2,1-5H3,(H,15,16,17). The normalized spacial score (nSPS) is 11.3. The fraction of sp³-hybridized carbons (Fsp3) is 0.615. The highest BCUT2D eigenvalue weighted by molar-refractivity contribution is 9.10. The van der Waals surface area contributed by atoms with E-state index in [0.717, 1.165) is 5.82 Å². The molecule has 6 heteroatoms. The summed E-state index contributed by atoms with van der Waals surface area (Å²) >= 11 is 3.37. The largest absolute Gasteiger partial charge is 0.361 e. The first-order chi connectivity index (χ1) is 8.74. The van der Waals surface area contributed by atoms with Crippen molar-refractivity contribution in [2.24, 2.45) is 0 Å². The monoisotopic (exact) mass is 328 g/mol. The van der Waals surface area contributed by atoms with E-state index in [9.17, 15) is 4.79 Å². The number of hydrogen-bond donors (Lipinski definition) is 1. The Bertz CT molecular complexity index is 456. The Morgan fingerprint density at radius 1 is 1.42 bits per heavy atom. The maximum absolute atomic E-state index is 11.7. The first kappa shape index (κ1) is 15.9. The summed E-state index contributed by atoms with van der Waals surface area (Å²) in [5, 5.41) is 3.04. The van der Waals surface area contributed by atoms with Crippen molar-refractivity contribution < 1.29 is 4.79 Å². The van der Waals surface area contributed by atoms with Crippen LogP contribution >= 0.6 is 15.9 Å². The molecule has 0 aliphatic rings. The third kappa shape index (κ3) is 4.78. The molecule has 0 aliphatic carbocycles. The lowest BCUT2D eigenvalue weighted by Gasteiger charge is -2.19. The van der Waals surface area contributed by atoms with Gasteiger partial charge in [-0.15, -0.1) is 0 Å². The minimum absolute atomic E-state index is 0.0366. The van der Waals surface area contributed by atoms with Gasteiger partial charge in [0, 0.05) is 25.1 Å². The van der Waals surface area contributed by atoms with E-state index in [2.05, 4.69) is 52.0 Å². The number of anilines is 1. The molecule has 0 saturated heterocycles. The Hall–Kier alpha value is -1.17. The number of aromatic nitrogens is 2. The van der Waals surface area contributed by atoms with Crippen molar-refractivity contribution >= 4 is 27.7 Å². The number of nitrogens with zero attached hydrogens (tertiary/aromatic N) is 3. The molecule has 1 aromatic heterocycles. The van der Waals surface area contributed by atoms with Gasteiger partial charge in [0.05, 0.1) is 6.54 Å². The molecule has 106 valence electrons. The maximum atomic E-state index is 11.7. The van der Waals surface area contributed by atoms with Crippen LogP contribution in [0.4, 0.5) is 5.82 Å². The first-order valence-electron chi connectivity index (χ1n) is 6.27. The van der Waals surface area contributed by atoms with Gasteiger partial charge in [-0.25, -0.2) is 9.97 Å². The van der Waals surface area contributed by atoms with Gasteiger partial charge in [-0.05, 0) is 22.9 Å². The fourth-order valence-electron chi connectivity index (χ4n) is 1.32. The third-order valence-electron chi connectivity index (χ3n) is 2.69. The molecule has 0 aromatic carbocycles. The zero-order chi connectivity index (χ0) is 14.6. The van der Waals surface area contributed by atoms with E-state index in [1.54, 1.807) is 18.0 Å². The molecule has 1 amide bonds. The molecule has 0 spiro atoms. The van der Waals surface area contributed by atoms with Crippen molar-refractivity contribution in [1.82, 2.24) is 14.9 Å². The van der Waals surface area contributed by atoms with Gasteiger partial charge in [0.1, 0.15) is 16.2 Å². The first-order valence-corrected chi connectivity index (χ1v) is 7.06. The van der Waals surface area contributed by atoms with Gasteiger partial charge in [0.25, 0.3) is 0 Å². The van der Waals surface area contributed by atoms with Gasteiger partial charge in [-0.2, -0.15) is 0 Å². The van der Waals surface area contributed by atoms with Gasteiger partial charge < -0.3 is 10.2 Å². The summed E-state index contributed by atoms with van der Waals surface area (Å²) in [6.45, 7) is 9.02. The van der Waals surface area contributed by atoms with Crippen molar-refractivity contribution in [3.05, 3.63) is 16.5 Å². The second kappa shape index (κ2) is 6.32. The van der Waals surface area contributed by atoms with Crippen molar-refractivity contribution in [3.8, 4) is 0 Å². The molecule has 1 N–H and O–H groups in total. The molecule has 0 saturated carbocycles. The van der Waals surface area contributed by atoms with Gasteiger partial charge >= 0.3 is 0 Å². The SMILES string of the molecule is CCN(C)C(=O)CNc1cc(Br)nc(C(C)(C)C)n1. The molecule has 0 aliphatic heterocycles. The number of likely N-dealkylation sites (N-methyl/N-ethyl adjacent to an activating group) is 1. The van der Waals surface area contributed by atoms with Crippen LogP contribution < -0.4 is 5.32 Å². The predicted molar refractivity (Wildman–Crippen MR) is 80.2 cm³/mol. The molecule has 0 fully saturated rings. The molecular weight excluding hydrogens is 308 g/mol. The molecule has 1 aromatic rings. The summed E-state index contributed by atoms with van der Waals surface area (Å²) < 4.78 is 0.714. The molecular formula is C13H21BrN4O. The van der Waals surface area contributed by atoms with Crippen LogP contribution in [0.5, 0.6) is 0 Å². The molecule has 0 radical (unpaired) electrons. The average Bonchev–Trinajstić information content (AvgIpc) is 2.33. The smallest absolute Gasteiger partial charge is 0.241 e. The van der Waals surface area contributed by atoms with E-state index < -0.39 is 0 Å². The van der Waals surface area contributed by atoms with Gasteiger partial charge in [-0.3, -0.25) is 4.79 Å². The summed E-state index contributed by atoms with van der Waals surface area (Å²) in [7, 11) is 1.78. The van der Waals surface area contributed by atoms with Crippen LogP contribution in [-0.2, 0) is 10.2 Å². The van der Waals surface area contributed by atoms with Gasteiger partial charge in [0.15, 0.2) is 0 Å². The summed E-state index contributed by atoms with van der Waals surface area (Å²) in [5.41, 5.74) is -0.134. The Balaban J connectivity index is 2.80. The number of hydrogen-bond acceptors (Lipinski definition) is 4. The molecule has 0 atom stereocenters. The van der Waals surface area contributed by atoms with Crippen LogP contribution in [0.3, 0.4) is 0 Å². The Kier molecular flexibility index (Phi) is 5.29. The number of carbonyl (C=O) groups excluding carboxylic acids is 1. The highest BCUT2D eigenvalue weighted by atomic mass is 79.9. The third-order valence-corrected chi connectivity index (χ3v) is 3.09. The molecule has 5 nitrogen and oxygen atoms in total. The van der Waals surface area contributed by atoms with E-state index in [1.165, 1.54) is 0 Å². The maximum Gasteiger partial charge on any atom is 0.241 e. The lowest BCUT2D eigenvalue weighted by molar-refractivity contribution is -0.127. The topological polar surface area (TPSA) is 58.1 Å². The molecule has 0 bridgehead atoms. The summed E-state index contributed by atoms with van der Waals surface area (Å²) in [6.07, 6.45) is 0. The number of rotatable bonds is 4. The zero-order valence-electron chi connectivity index (χ0n) is 12.1. The summed E-state index contributed by atoms with van der Waals surface area (Å²) in [6, 6.07) is 1.77. The Labute approximate surface area is 122 Å². The van der Waals surface area contributed by atoms with E-state index >= 15 is 0 Å². The quantitative estimate of drug-likeness (QED) is 0.862. The van der Waals surface area contributed by atoms with Gasteiger partial charge in [-0.1, -0.05) is 20.8 Å². The van der Waals surface area contributed by atoms with Crippen LogP contribution in [0.2, 0.25) is 0 Å². The van der Waals surface area contributed by atoms with Gasteiger partial charge in [0.2, 0.25) is 5.91 Å². The second-order valence-electron chi connectivity index (χ2n) is 5.41. The Morgan fingerprint density at radius 3 is 2.58 bits per heavy atom. The molecule has 19 heavy (non-hydrogen) atoms. The van der Waals surface area contributed by atoms with Crippen molar-refractivity contribution in [3.63, 3.8) is 0 Å². The highest BCUT2D eigenvalue weighted by Gasteiger charge is 2.19. The van der Waals surface area contributed by atoms with Crippen LogP contribution in [-0.4, -0.2) is 40.9 Å². The average molecular weight is 329 g/mol. The minimum atomic E-state index is -0.134. The second-order valence-corrected chi connectivity index (χ2v) is 6.22. The number of nitrogens with one attached hydrogen (secondary N) is 1. The summed E-state index contributed by atoms with van der Waals surface area (Å²) in [4.78, 5) is 22.2. The highest BCUT2D eigenvalue weighted by Crippen LogP contribution is 2.22. The van der Waals surface area contributed by atoms with E-state index in [4.69, 9.17) is 0 Å². The number of halogens is 1. The van der Waals surface area contributed by atoms with Crippen molar-refractivity contribution in [2.45, 2.75) is 33.1 Å². The van der Waals surface area contributed by atoms with E-state index in [0.29, 0.717) is 17.0 Å². The Morgan fingerprint density at radius 2 is 2.05 bits per heavy atom. The van der Waals surface area contributed by atoms with Crippen LogP contribution in [0.1, 0.15) is 33.5 Å². The fourth-order valence-corrected chi connectivity index (χ4v) is 1.71. The van der Waals surface area contributed by atoms with Crippen molar-refractivity contribution in [1.29, 1.82) is 0 Å². The lowest BCUT2D eigenvalue weighted by Crippen LogP contribution is -2.32. The minimum Gasteiger partial charge on any atom is -0.361 e. The summed E-state index contributed by atoms with van der Waals surface area (Å²) in [5.74, 6) is 1.43. The number of amides is 1. The van der Waals surface area contributed by atoms with E-state index in [-0.39, 0.29) is 17.9 Å². The lowest BCUT2D eigenvalue weighted by atomic mass is 9.96. The molecule has 1 heterocycles.